The van der Waals surface area contributed by atoms with Crippen molar-refractivity contribution in [3.63, 3.8) is 0 Å². The number of nitrogens with zero attached hydrogens (tertiary/aromatic N) is 4. The number of aryl methyl sites for hydroxylation is 1. The molecule has 5 rings (SSSR count). The minimum absolute atomic E-state index is 0.121. The number of anilines is 1. The fraction of sp³-hybridized carbons (Fsp3) is 0.217. The van der Waals surface area contributed by atoms with E-state index in [-0.39, 0.29) is 5.91 Å². The number of amides is 1. The Balaban J connectivity index is 1.48. The maximum Gasteiger partial charge on any atom is 0.256 e. The number of carbonyl (C=O) groups is 1. The van der Waals surface area contributed by atoms with E-state index in [0.29, 0.717) is 13.1 Å². The molecule has 0 unspecified atom stereocenters. The number of rotatable bonds is 3. The number of benzene rings is 1. The quantitative estimate of drug-likeness (QED) is 0.514. The van der Waals surface area contributed by atoms with Gasteiger partial charge in [-0.2, -0.15) is 0 Å². The third kappa shape index (κ3) is 3.09. The Bertz CT molecular complexity index is 1140. The first-order chi connectivity index (χ1) is 14.2. The zero-order valence-electron chi connectivity index (χ0n) is 16.3. The molecular formula is C23H22N4OS. The fourth-order valence-electron chi connectivity index (χ4n) is 4.18. The molecule has 3 aromatic heterocycles. The van der Waals surface area contributed by atoms with Crippen molar-refractivity contribution < 1.29 is 4.79 Å². The minimum Gasteiger partial charge on any atom is -0.367 e. The Hall–Kier alpha value is -3.12. The fourth-order valence-corrected chi connectivity index (χ4v) is 4.99. The molecule has 1 aliphatic heterocycles. The highest BCUT2D eigenvalue weighted by molar-refractivity contribution is 7.13. The number of hydrogen-bond donors (Lipinski definition) is 0. The molecule has 0 radical (unpaired) electrons. The monoisotopic (exact) mass is 402 g/mol. The topological polar surface area (TPSA) is 41.4 Å². The van der Waals surface area contributed by atoms with Gasteiger partial charge < -0.3 is 14.4 Å². The molecule has 0 bridgehead atoms. The summed E-state index contributed by atoms with van der Waals surface area (Å²) in [5.41, 5.74) is 4.04. The standard InChI is InChI=1S/C23H22N4OS/c1-25-19-8-3-2-7-18(19)21(22(25)20-9-5-15-29-20)23(28)27-13-11-26(12-14-27)17-6-4-10-24-16-17/h2-10,15-16H,11-14H2,1H3. The van der Waals surface area contributed by atoms with E-state index in [2.05, 4.69) is 51.1 Å². The summed E-state index contributed by atoms with van der Waals surface area (Å²) in [5, 5.41) is 3.09. The molecule has 0 aliphatic carbocycles. The molecule has 1 fully saturated rings. The molecule has 0 atom stereocenters. The largest absolute Gasteiger partial charge is 0.367 e. The molecular weight excluding hydrogens is 380 g/mol. The summed E-state index contributed by atoms with van der Waals surface area (Å²) < 4.78 is 2.15. The Morgan fingerprint density at radius 1 is 1.00 bits per heavy atom. The summed E-state index contributed by atoms with van der Waals surface area (Å²) in [5.74, 6) is 0.121. The van der Waals surface area contributed by atoms with Crippen LogP contribution in [0.4, 0.5) is 5.69 Å². The number of fused-ring (bicyclic) bond motifs is 1. The summed E-state index contributed by atoms with van der Waals surface area (Å²) in [7, 11) is 2.05. The molecule has 5 nitrogen and oxygen atoms in total. The van der Waals surface area contributed by atoms with E-state index in [4.69, 9.17) is 0 Å². The predicted octanol–water partition coefficient (Wildman–Crippen LogP) is 4.26. The van der Waals surface area contributed by atoms with Gasteiger partial charge in [-0.05, 0) is 29.6 Å². The van der Waals surface area contributed by atoms with Crippen molar-refractivity contribution in [1.29, 1.82) is 0 Å². The van der Waals surface area contributed by atoms with Crippen LogP contribution in [-0.2, 0) is 7.05 Å². The molecule has 1 aliphatic rings. The van der Waals surface area contributed by atoms with Crippen LogP contribution >= 0.6 is 11.3 Å². The van der Waals surface area contributed by atoms with Crippen molar-refractivity contribution in [3.05, 3.63) is 71.9 Å². The van der Waals surface area contributed by atoms with Gasteiger partial charge in [0, 0.05) is 50.3 Å². The average molecular weight is 403 g/mol. The van der Waals surface area contributed by atoms with Crippen molar-refractivity contribution in [2.24, 2.45) is 7.05 Å². The normalized spacial score (nSPS) is 14.5. The molecule has 0 spiro atoms. The smallest absolute Gasteiger partial charge is 0.256 e. The first-order valence-electron chi connectivity index (χ1n) is 9.79. The van der Waals surface area contributed by atoms with E-state index in [1.165, 1.54) is 0 Å². The molecule has 146 valence electrons. The van der Waals surface area contributed by atoms with Crippen molar-refractivity contribution in [2.45, 2.75) is 0 Å². The molecule has 6 heteroatoms. The second-order valence-electron chi connectivity index (χ2n) is 7.27. The van der Waals surface area contributed by atoms with Gasteiger partial charge >= 0.3 is 0 Å². The van der Waals surface area contributed by atoms with Crippen molar-refractivity contribution in [2.75, 3.05) is 31.1 Å². The maximum absolute atomic E-state index is 13.7. The Labute approximate surface area is 173 Å². The van der Waals surface area contributed by atoms with Crippen LogP contribution in [0.2, 0.25) is 0 Å². The number of hydrogen-bond acceptors (Lipinski definition) is 4. The minimum atomic E-state index is 0.121. The number of aromatic nitrogens is 2. The maximum atomic E-state index is 13.7. The molecule has 29 heavy (non-hydrogen) atoms. The molecule has 1 amide bonds. The lowest BCUT2D eigenvalue weighted by Gasteiger charge is -2.36. The van der Waals surface area contributed by atoms with Crippen LogP contribution in [0.1, 0.15) is 10.4 Å². The van der Waals surface area contributed by atoms with Gasteiger partial charge in [-0.1, -0.05) is 24.3 Å². The summed E-state index contributed by atoms with van der Waals surface area (Å²) in [6.07, 6.45) is 3.67. The van der Waals surface area contributed by atoms with Gasteiger partial charge in [0.15, 0.2) is 0 Å². The first-order valence-corrected chi connectivity index (χ1v) is 10.7. The molecule has 4 aromatic rings. The van der Waals surface area contributed by atoms with Crippen LogP contribution < -0.4 is 4.90 Å². The Morgan fingerprint density at radius 3 is 2.55 bits per heavy atom. The Kier molecular flexibility index (Phi) is 4.56. The van der Waals surface area contributed by atoms with Gasteiger partial charge in [0.2, 0.25) is 0 Å². The summed E-state index contributed by atoms with van der Waals surface area (Å²) >= 11 is 1.67. The molecule has 0 N–H and O–H groups in total. The van der Waals surface area contributed by atoms with E-state index in [1.54, 1.807) is 17.5 Å². The number of piperazine rings is 1. The van der Waals surface area contributed by atoms with Gasteiger partial charge in [0.05, 0.1) is 28.0 Å². The first kappa shape index (κ1) is 17.9. The summed E-state index contributed by atoms with van der Waals surface area (Å²) in [4.78, 5) is 23.3. The number of carbonyl (C=O) groups excluding carboxylic acids is 1. The molecule has 0 saturated carbocycles. The highest BCUT2D eigenvalue weighted by atomic mass is 32.1. The highest BCUT2D eigenvalue weighted by Gasteiger charge is 2.28. The van der Waals surface area contributed by atoms with Crippen LogP contribution in [0, 0.1) is 0 Å². The Morgan fingerprint density at radius 2 is 1.83 bits per heavy atom. The summed E-state index contributed by atoms with van der Waals surface area (Å²) in [6, 6.07) is 16.4. The van der Waals surface area contributed by atoms with Gasteiger partial charge in [-0.15, -0.1) is 11.3 Å². The predicted molar refractivity (Wildman–Crippen MR) is 119 cm³/mol. The second-order valence-corrected chi connectivity index (χ2v) is 8.22. The van der Waals surface area contributed by atoms with Gasteiger partial charge in [-0.3, -0.25) is 9.78 Å². The van der Waals surface area contributed by atoms with Crippen LogP contribution in [0.15, 0.2) is 66.3 Å². The lowest BCUT2D eigenvalue weighted by molar-refractivity contribution is 0.0749. The van der Waals surface area contributed by atoms with Crippen molar-refractivity contribution in [3.8, 4) is 10.6 Å². The number of para-hydroxylation sites is 1. The van der Waals surface area contributed by atoms with E-state index < -0.39 is 0 Å². The zero-order valence-corrected chi connectivity index (χ0v) is 17.1. The van der Waals surface area contributed by atoms with Crippen molar-refractivity contribution in [1.82, 2.24) is 14.5 Å². The van der Waals surface area contributed by atoms with E-state index >= 15 is 0 Å². The molecule has 1 saturated heterocycles. The van der Waals surface area contributed by atoms with Crippen LogP contribution in [0.3, 0.4) is 0 Å². The van der Waals surface area contributed by atoms with E-state index in [1.807, 2.05) is 35.4 Å². The summed E-state index contributed by atoms with van der Waals surface area (Å²) in [6.45, 7) is 3.05. The third-order valence-corrected chi connectivity index (χ3v) is 6.53. The number of thiophene rings is 1. The average Bonchev–Trinajstić information content (AvgIpc) is 3.41. The molecule has 4 heterocycles. The lowest BCUT2D eigenvalue weighted by atomic mass is 10.1. The van der Waals surface area contributed by atoms with Crippen LogP contribution in [0.5, 0.6) is 0 Å². The van der Waals surface area contributed by atoms with Crippen LogP contribution in [-0.4, -0.2) is 46.5 Å². The highest BCUT2D eigenvalue weighted by Crippen LogP contribution is 2.36. The van der Waals surface area contributed by atoms with Gasteiger partial charge in [0.1, 0.15) is 0 Å². The van der Waals surface area contributed by atoms with E-state index in [9.17, 15) is 4.79 Å². The lowest BCUT2D eigenvalue weighted by Crippen LogP contribution is -2.48. The second kappa shape index (κ2) is 7.37. The zero-order chi connectivity index (χ0) is 19.8. The SMILES string of the molecule is Cn1c(-c2cccs2)c(C(=O)N2CCN(c3cccnc3)CC2)c2ccccc21. The molecule has 1 aromatic carbocycles. The van der Waals surface area contributed by atoms with Gasteiger partial charge in [-0.25, -0.2) is 0 Å². The van der Waals surface area contributed by atoms with Gasteiger partial charge in [0.25, 0.3) is 5.91 Å². The van der Waals surface area contributed by atoms with Crippen LogP contribution in [0.25, 0.3) is 21.5 Å². The third-order valence-electron chi connectivity index (χ3n) is 5.65. The van der Waals surface area contributed by atoms with E-state index in [0.717, 1.165) is 45.8 Å². The van der Waals surface area contributed by atoms with Crippen molar-refractivity contribution >= 4 is 33.8 Å². The number of pyridine rings is 1.